The van der Waals surface area contributed by atoms with Crippen LogP contribution in [0.25, 0.3) is 0 Å². The molecule has 3 aromatic rings. The Morgan fingerprint density at radius 3 is 2.43 bits per heavy atom. The monoisotopic (exact) mass is 462 g/mol. The second kappa shape index (κ2) is 7.87. The molecule has 0 saturated heterocycles. The molecule has 1 atom stereocenters. The van der Waals surface area contributed by atoms with Crippen LogP contribution < -0.4 is 5.32 Å². The fourth-order valence-corrected chi connectivity index (χ4v) is 3.92. The first-order valence-corrected chi connectivity index (χ1v) is 10.9. The fraction of sp³-hybridized carbons (Fsp3) is 0.176. The number of aromatic amines is 1. The lowest BCUT2D eigenvalue weighted by Gasteiger charge is -2.18. The molecular formula is C17H14Cl3FN4O2S. The molecule has 0 fully saturated rings. The van der Waals surface area contributed by atoms with Gasteiger partial charge in [0.25, 0.3) is 0 Å². The van der Waals surface area contributed by atoms with Crippen LogP contribution in [-0.4, -0.2) is 29.6 Å². The molecule has 0 bridgehead atoms. The van der Waals surface area contributed by atoms with Gasteiger partial charge in [0.1, 0.15) is 23.5 Å². The minimum Gasteiger partial charge on any atom is -0.356 e. The molecule has 3 rings (SSSR count). The molecule has 0 radical (unpaired) electrons. The molecule has 2 N–H and O–H groups in total. The first kappa shape index (κ1) is 20.9. The molecule has 2 heterocycles. The molecule has 11 heteroatoms. The van der Waals surface area contributed by atoms with Crippen LogP contribution in [0.1, 0.15) is 23.1 Å². The smallest absolute Gasteiger partial charge is 0.194 e. The minimum absolute atomic E-state index is 0.0791. The Balaban J connectivity index is 2.11. The Morgan fingerprint density at radius 1 is 1.14 bits per heavy atom. The third-order valence-corrected chi connectivity index (χ3v) is 5.96. The number of hydrogen-bond acceptors (Lipinski definition) is 5. The lowest BCUT2D eigenvalue weighted by atomic mass is 10.1. The molecule has 0 saturated carbocycles. The summed E-state index contributed by atoms with van der Waals surface area (Å²) in [6.45, 7) is 1.60. The molecule has 28 heavy (non-hydrogen) atoms. The highest BCUT2D eigenvalue weighted by atomic mass is 35.5. The zero-order chi connectivity index (χ0) is 20.6. The fourth-order valence-electron chi connectivity index (χ4n) is 2.61. The number of sulfone groups is 1. The zero-order valence-corrected chi connectivity index (χ0v) is 17.7. The highest BCUT2D eigenvalue weighted by Crippen LogP contribution is 2.30. The standard InChI is InChI=1S/C17H14Cl3FN4O2S/c1-8-17(28(2,26)27)25-16(23-8)15(9-3-4-13(21)11(19)5-9)24-14-6-10(18)12(20)7-22-14/h3-7,15H,1-2H3,(H,22,24)(H,23,25)/t15-/m1/s1. The van der Waals surface area contributed by atoms with Crippen molar-refractivity contribution < 1.29 is 12.8 Å². The summed E-state index contributed by atoms with van der Waals surface area (Å²) in [4.78, 5) is 11.3. The quantitative estimate of drug-likeness (QED) is 0.566. The van der Waals surface area contributed by atoms with E-state index in [-0.39, 0.29) is 25.9 Å². The molecule has 0 spiro atoms. The molecule has 0 amide bonds. The molecule has 148 valence electrons. The van der Waals surface area contributed by atoms with Gasteiger partial charge in [0, 0.05) is 18.5 Å². The van der Waals surface area contributed by atoms with Crippen LogP contribution in [0.4, 0.5) is 10.2 Å². The van der Waals surface area contributed by atoms with Crippen molar-refractivity contribution in [3.63, 3.8) is 0 Å². The highest BCUT2D eigenvalue weighted by Gasteiger charge is 2.24. The maximum absolute atomic E-state index is 13.6. The molecule has 0 aliphatic carbocycles. The topological polar surface area (TPSA) is 87.7 Å². The normalized spacial score (nSPS) is 12.8. The molecule has 1 aromatic carbocycles. The van der Waals surface area contributed by atoms with Crippen LogP contribution in [0.15, 0.2) is 35.5 Å². The van der Waals surface area contributed by atoms with Crippen LogP contribution in [0.3, 0.4) is 0 Å². The Hall–Kier alpha value is -1.87. The maximum atomic E-state index is 13.6. The molecule has 2 aromatic heterocycles. The second-order valence-electron chi connectivity index (χ2n) is 6.06. The van der Waals surface area contributed by atoms with Crippen molar-refractivity contribution in [3.8, 4) is 0 Å². The molecule has 0 aliphatic rings. The third kappa shape index (κ3) is 4.41. The van der Waals surface area contributed by atoms with Crippen LogP contribution in [0, 0.1) is 12.7 Å². The van der Waals surface area contributed by atoms with Gasteiger partial charge < -0.3 is 10.3 Å². The number of halogens is 4. The van der Waals surface area contributed by atoms with E-state index in [1.807, 2.05) is 0 Å². The Labute approximate surface area is 176 Å². The van der Waals surface area contributed by atoms with Crippen LogP contribution in [0.5, 0.6) is 0 Å². The van der Waals surface area contributed by atoms with Gasteiger partial charge in [-0.2, -0.15) is 0 Å². The second-order valence-corrected chi connectivity index (χ2v) is 9.21. The van der Waals surface area contributed by atoms with Crippen LogP contribution in [-0.2, 0) is 9.84 Å². The number of nitrogens with zero attached hydrogens (tertiary/aromatic N) is 2. The van der Waals surface area contributed by atoms with Crippen molar-refractivity contribution >= 4 is 50.5 Å². The Morgan fingerprint density at radius 2 is 1.86 bits per heavy atom. The number of benzene rings is 1. The summed E-state index contributed by atoms with van der Waals surface area (Å²) >= 11 is 17.9. The lowest BCUT2D eigenvalue weighted by molar-refractivity contribution is 0.597. The minimum atomic E-state index is -3.54. The number of anilines is 1. The van der Waals surface area contributed by atoms with E-state index in [1.165, 1.54) is 30.5 Å². The average Bonchev–Trinajstić information content (AvgIpc) is 3.00. The zero-order valence-electron chi connectivity index (χ0n) is 14.6. The molecular weight excluding hydrogens is 450 g/mol. The first-order valence-electron chi connectivity index (χ1n) is 7.85. The van der Waals surface area contributed by atoms with Gasteiger partial charge in [-0.05, 0) is 24.6 Å². The van der Waals surface area contributed by atoms with Gasteiger partial charge in [0.15, 0.2) is 14.9 Å². The van der Waals surface area contributed by atoms with Crippen molar-refractivity contribution in [1.29, 1.82) is 0 Å². The van der Waals surface area contributed by atoms with Gasteiger partial charge in [-0.1, -0.05) is 40.9 Å². The number of hydrogen-bond donors (Lipinski definition) is 2. The summed E-state index contributed by atoms with van der Waals surface area (Å²) in [5.74, 6) is 0.0626. The number of aromatic nitrogens is 3. The summed E-state index contributed by atoms with van der Waals surface area (Å²) in [5, 5.41) is 3.49. The predicted octanol–water partition coefficient (Wildman–Crippen LogP) is 4.82. The van der Waals surface area contributed by atoms with Crippen LogP contribution in [0.2, 0.25) is 15.1 Å². The van der Waals surface area contributed by atoms with Gasteiger partial charge in [-0.3, -0.25) is 0 Å². The summed E-state index contributed by atoms with van der Waals surface area (Å²) in [5.41, 5.74) is 0.910. The lowest BCUT2D eigenvalue weighted by Crippen LogP contribution is -2.15. The van der Waals surface area contributed by atoms with E-state index in [9.17, 15) is 12.8 Å². The number of nitrogens with one attached hydrogen (secondary N) is 2. The van der Waals surface area contributed by atoms with Crippen molar-refractivity contribution in [2.24, 2.45) is 0 Å². The molecule has 6 nitrogen and oxygen atoms in total. The first-order chi connectivity index (χ1) is 13.1. The van der Waals surface area contributed by atoms with Crippen molar-refractivity contribution in [1.82, 2.24) is 15.0 Å². The van der Waals surface area contributed by atoms with Crippen LogP contribution >= 0.6 is 34.8 Å². The number of aryl methyl sites for hydroxylation is 1. The van der Waals surface area contributed by atoms with Gasteiger partial charge in [0.05, 0.1) is 20.8 Å². The van der Waals surface area contributed by atoms with Gasteiger partial charge >= 0.3 is 0 Å². The SMILES string of the molecule is Cc1[nH]c([C@H](Nc2cc(Cl)c(Cl)cn2)c2ccc(F)c(Cl)c2)nc1S(C)(=O)=O. The van der Waals surface area contributed by atoms with E-state index in [0.29, 0.717) is 17.1 Å². The number of pyridine rings is 1. The maximum Gasteiger partial charge on any atom is 0.194 e. The van der Waals surface area contributed by atoms with Crippen molar-refractivity contribution in [2.75, 3.05) is 11.6 Å². The number of rotatable bonds is 5. The summed E-state index contributed by atoms with van der Waals surface area (Å²) < 4.78 is 37.5. The average molecular weight is 464 g/mol. The molecule has 0 aliphatic heterocycles. The largest absolute Gasteiger partial charge is 0.356 e. The third-order valence-electron chi connectivity index (χ3n) is 3.86. The van der Waals surface area contributed by atoms with Crippen molar-refractivity contribution in [2.45, 2.75) is 18.0 Å². The molecule has 0 unspecified atom stereocenters. The van der Waals surface area contributed by atoms with E-state index < -0.39 is 21.7 Å². The van der Waals surface area contributed by atoms with Gasteiger partial charge in [-0.25, -0.2) is 22.8 Å². The Bertz CT molecular complexity index is 1150. The van der Waals surface area contributed by atoms with Crippen molar-refractivity contribution in [3.05, 3.63) is 68.4 Å². The number of H-pyrrole nitrogens is 1. The number of imidazole rings is 1. The van der Waals surface area contributed by atoms with E-state index in [4.69, 9.17) is 34.8 Å². The van der Waals surface area contributed by atoms with E-state index in [1.54, 1.807) is 6.92 Å². The van der Waals surface area contributed by atoms with Gasteiger partial charge in [0.2, 0.25) is 0 Å². The summed E-state index contributed by atoms with van der Waals surface area (Å²) in [7, 11) is -3.54. The summed E-state index contributed by atoms with van der Waals surface area (Å²) in [6.07, 6.45) is 2.44. The highest BCUT2D eigenvalue weighted by molar-refractivity contribution is 7.90. The van der Waals surface area contributed by atoms with E-state index >= 15 is 0 Å². The van der Waals surface area contributed by atoms with E-state index in [2.05, 4.69) is 20.3 Å². The van der Waals surface area contributed by atoms with Gasteiger partial charge in [-0.15, -0.1) is 0 Å². The predicted molar refractivity (Wildman–Crippen MR) is 108 cm³/mol. The Kier molecular flexibility index (Phi) is 5.86. The summed E-state index contributed by atoms with van der Waals surface area (Å²) in [6, 6.07) is 4.94. The van der Waals surface area contributed by atoms with E-state index in [0.717, 1.165) is 6.26 Å².